The van der Waals surface area contributed by atoms with Gasteiger partial charge in [-0.2, -0.15) is 4.98 Å². The van der Waals surface area contributed by atoms with Crippen molar-refractivity contribution in [1.82, 2.24) is 10.1 Å². The summed E-state index contributed by atoms with van der Waals surface area (Å²) < 4.78 is 16.1. The van der Waals surface area contributed by atoms with Gasteiger partial charge in [0.15, 0.2) is 0 Å². The van der Waals surface area contributed by atoms with Crippen LogP contribution in [0, 0.1) is 6.92 Å². The fourth-order valence-corrected chi connectivity index (χ4v) is 2.53. The van der Waals surface area contributed by atoms with Gasteiger partial charge in [0.25, 0.3) is 0 Å². The Bertz CT molecular complexity index is 626. The van der Waals surface area contributed by atoms with E-state index in [4.69, 9.17) is 19.7 Å². The lowest BCUT2D eigenvalue weighted by Crippen LogP contribution is -2.37. The van der Waals surface area contributed by atoms with E-state index >= 15 is 0 Å². The van der Waals surface area contributed by atoms with Crippen molar-refractivity contribution >= 4 is 0 Å². The van der Waals surface area contributed by atoms with E-state index in [0.29, 0.717) is 24.9 Å². The summed E-state index contributed by atoms with van der Waals surface area (Å²) in [5, 5.41) is 4.05. The lowest BCUT2D eigenvalue weighted by Gasteiger charge is -2.25. The maximum absolute atomic E-state index is 6.10. The van der Waals surface area contributed by atoms with Gasteiger partial charge in [-0.05, 0) is 37.1 Å². The predicted molar refractivity (Wildman–Crippen MR) is 77.2 cm³/mol. The molecule has 6 heteroatoms. The fraction of sp³-hybridized carbons (Fsp3) is 0.467. The number of methoxy groups -OCH3 is 1. The number of ether oxygens (including phenoxy) is 2. The molecule has 2 heterocycles. The highest BCUT2D eigenvalue weighted by Crippen LogP contribution is 2.27. The molecule has 21 heavy (non-hydrogen) atoms. The van der Waals surface area contributed by atoms with Gasteiger partial charge in [0.2, 0.25) is 11.7 Å². The molecule has 0 bridgehead atoms. The average molecular weight is 289 g/mol. The summed E-state index contributed by atoms with van der Waals surface area (Å²) in [6, 6.07) is 5.79. The Morgan fingerprint density at radius 2 is 2.24 bits per heavy atom. The Morgan fingerprint density at radius 3 is 2.95 bits per heavy atom. The second kappa shape index (κ2) is 5.83. The summed E-state index contributed by atoms with van der Waals surface area (Å²) in [7, 11) is 1.65. The SMILES string of the molecule is COc1ccc(-c2noc(C3COCCC3N)n2)cc1C. The van der Waals surface area contributed by atoms with E-state index in [-0.39, 0.29) is 12.0 Å². The smallest absolute Gasteiger partial charge is 0.233 e. The van der Waals surface area contributed by atoms with Gasteiger partial charge in [-0.15, -0.1) is 0 Å². The first-order valence-corrected chi connectivity index (χ1v) is 7.01. The first kappa shape index (κ1) is 14.0. The minimum atomic E-state index is -0.0284. The lowest BCUT2D eigenvalue weighted by molar-refractivity contribution is 0.0590. The second-order valence-corrected chi connectivity index (χ2v) is 5.27. The maximum atomic E-state index is 6.10. The largest absolute Gasteiger partial charge is 0.496 e. The van der Waals surface area contributed by atoms with Gasteiger partial charge in [-0.3, -0.25) is 0 Å². The van der Waals surface area contributed by atoms with Gasteiger partial charge in [0.05, 0.1) is 19.6 Å². The molecular weight excluding hydrogens is 270 g/mol. The molecule has 0 radical (unpaired) electrons. The van der Waals surface area contributed by atoms with Crippen LogP contribution >= 0.6 is 0 Å². The topological polar surface area (TPSA) is 83.4 Å². The van der Waals surface area contributed by atoms with Gasteiger partial charge >= 0.3 is 0 Å². The zero-order valence-corrected chi connectivity index (χ0v) is 12.2. The molecule has 0 spiro atoms. The highest BCUT2D eigenvalue weighted by molar-refractivity contribution is 5.58. The van der Waals surface area contributed by atoms with Gasteiger partial charge < -0.3 is 19.7 Å². The van der Waals surface area contributed by atoms with Crippen LogP contribution in [0.1, 0.15) is 23.8 Å². The van der Waals surface area contributed by atoms with Crippen LogP contribution < -0.4 is 10.5 Å². The summed E-state index contributed by atoms with van der Waals surface area (Å²) in [6.07, 6.45) is 0.810. The quantitative estimate of drug-likeness (QED) is 0.929. The Kier molecular flexibility index (Phi) is 3.90. The van der Waals surface area contributed by atoms with Crippen molar-refractivity contribution in [2.45, 2.75) is 25.3 Å². The standard InChI is InChI=1S/C15H19N3O3/c1-9-7-10(3-4-13(9)19-2)14-17-15(21-18-14)11-8-20-6-5-12(11)16/h3-4,7,11-12H,5-6,8,16H2,1-2H3. The van der Waals surface area contributed by atoms with Crippen LogP contribution in [0.2, 0.25) is 0 Å². The summed E-state index contributed by atoms with van der Waals surface area (Å²) in [5.74, 6) is 1.92. The molecule has 1 aliphatic heterocycles. The highest BCUT2D eigenvalue weighted by Gasteiger charge is 2.29. The van der Waals surface area contributed by atoms with Crippen LogP contribution in [-0.4, -0.2) is 36.5 Å². The molecule has 0 amide bonds. The second-order valence-electron chi connectivity index (χ2n) is 5.27. The normalized spacial score (nSPS) is 22.2. The van der Waals surface area contributed by atoms with Crippen molar-refractivity contribution in [1.29, 1.82) is 0 Å². The maximum Gasteiger partial charge on any atom is 0.233 e. The van der Waals surface area contributed by atoms with Crippen LogP contribution in [-0.2, 0) is 4.74 Å². The zero-order valence-electron chi connectivity index (χ0n) is 12.2. The minimum absolute atomic E-state index is 0.00431. The molecule has 0 aliphatic carbocycles. The van der Waals surface area contributed by atoms with Crippen molar-refractivity contribution in [2.24, 2.45) is 5.73 Å². The molecule has 1 aliphatic rings. The molecule has 1 aromatic heterocycles. The molecule has 2 aromatic rings. The molecule has 112 valence electrons. The molecule has 1 aromatic carbocycles. The number of rotatable bonds is 3. The number of hydrogen-bond donors (Lipinski definition) is 1. The Labute approximate surface area is 123 Å². The van der Waals surface area contributed by atoms with E-state index in [9.17, 15) is 0 Å². The zero-order chi connectivity index (χ0) is 14.8. The number of benzene rings is 1. The number of hydrogen-bond acceptors (Lipinski definition) is 6. The van der Waals surface area contributed by atoms with Crippen LogP contribution in [0.25, 0.3) is 11.4 Å². The number of nitrogens with zero attached hydrogens (tertiary/aromatic N) is 2. The highest BCUT2D eigenvalue weighted by atomic mass is 16.5. The first-order chi connectivity index (χ1) is 10.2. The van der Waals surface area contributed by atoms with Gasteiger partial charge in [0.1, 0.15) is 5.75 Å². The van der Waals surface area contributed by atoms with E-state index in [1.165, 1.54) is 0 Å². The third kappa shape index (κ3) is 2.77. The van der Waals surface area contributed by atoms with E-state index in [0.717, 1.165) is 23.3 Å². The fourth-order valence-electron chi connectivity index (χ4n) is 2.53. The molecule has 3 rings (SSSR count). The van der Waals surface area contributed by atoms with E-state index in [1.807, 2.05) is 25.1 Å². The van der Waals surface area contributed by atoms with Crippen LogP contribution in [0.4, 0.5) is 0 Å². The van der Waals surface area contributed by atoms with E-state index < -0.39 is 0 Å². The summed E-state index contributed by atoms with van der Waals surface area (Å²) in [4.78, 5) is 4.47. The molecule has 1 fully saturated rings. The van der Waals surface area contributed by atoms with Crippen LogP contribution in [0.5, 0.6) is 5.75 Å². The van der Waals surface area contributed by atoms with E-state index in [2.05, 4.69) is 10.1 Å². The summed E-state index contributed by atoms with van der Waals surface area (Å²) in [6.45, 7) is 3.20. The molecule has 6 nitrogen and oxygen atoms in total. The van der Waals surface area contributed by atoms with Crippen LogP contribution in [0.15, 0.2) is 22.7 Å². The molecule has 2 unspecified atom stereocenters. The molecule has 1 saturated heterocycles. The van der Waals surface area contributed by atoms with Crippen molar-refractivity contribution in [2.75, 3.05) is 20.3 Å². The number of aryl methyl sites for hydroxylation is 1. The van der Waals surface area contributed by atoms with Gasteiger partial charge in [-0.1, -0.05) is 5.16 Å². The predicted octanol–water partition coefficient (Wildman–Crippen LogP) is 1.88. The van der Waals surface area contributed by atoms with Gasteiger partial charge in [0, 0.05) is 18.2 Å². The molecule has 2 N–H and O–H groups in total. The van der Waals surface area contributed by atoms with Crippen molar-refractivity contribution in [3.8, 4) is 17.1 Å². The van der Waals surface area contributed by atoms with Crippen molar-refractivity contribution in [3.63, 3.8) is 0 Å². The van der Waals surface area contributed by atoms with Gasteiger partial charge in [-0.25, -0.2) is 0 Å². The molecule has 2 atom stereocenters. The first-order valence-electron chi connectivity index (χ1n) is 7.01. The molecular formula is C15H19N3O3. The Balaban J connectivity index is 1.86. The Hall–Kier alpha value is -1.92. The monoisotopic (exact) mass is 289 g/mol. The van der Waals surface area contributed by atoms with Crippen molar-refractivity contribution in [3.05, 3.63) is 29.7 Å². The van der Waals surface area contributed by atoms with Crippen molar-refractivity contribution < 1.29 is 14.0 Å². The van der Waals surface area contributed by atoms with Crippen LogP contribution in [0.3, 0.4) is 0 Å². The molecule has 0 saturated carbocycles. The number of aromatic nitrogens is 2. The average Bonchev–Trinajstić information content (AvgIpc) is 2.97. The number of nitrogens with two attached hydrogens (primary N) is 1. The van der Waals surface area contributed by atoms with E-state index in [1.54, 1.807) is 7.11 Å². The minimum Gasteiger partial charge on any atom is -0.496 e. The summed E-state index contributed by atoms with van der Waals surface area (Å²) in [5.41, 5.74) is 8.02. The third-order valence-corrected chi connectivity index (χ3v) is 3.82. The summed E-state index contributed by atoms with van der Waals surface area (Å²) >= 11 is 0. The lowest BCUT2D eigenvalue weighted by atomic mass is 9.97. The Morgan fingerprint density at radius 1 is 1.38 bits per heavy atom. The third-order valence-electron chi connectivity index (χ3n) is 3.82.